The first-order valence-corrected chi connectivity index (χ1v) is 3.43. The summed E-state index contributed by atoms with van der Waals surface area (Å²) in [5, 5.41) is 16.6. The van der Waals surface area contributed by atoms with Gasteiger partial charge in [0.05, 0.1) is 6.61 Å². The van der Waals surface area contributed by atoms with E-state index >= 15 is 0 Å². The number of nitrogens with zero attached hydrogens (tertiary/aromatic N) is 2. The fraction of sp³-hybridized carbons (Fsp3) is 0.500. The highest BCUT2D eigenvalue weighted by Gasteiger charge is 1.89. The molecule has 0 spiro atoms. The Labute approximate surface area is 66.5 Å². The molecule has 0 amide bonds. The molecule has 0 aromatic carbocycles. The molecule has 3 heteroatoms. The normalized spacial score (nSPS) is 7.91. The predicted octanol–water partition coefficient (Wildman–Crippen LogP) is 1.39. The molecule has 0 aliphatic heterocycles. The zero-order valence-corrected chi connectivity index (χ0v) is 6.50. The van der Waals surface area contributed by atoms with Crippen molar-refractivity contribution in [3.8, 4) is 12.1 Å². The van der Waals surface area contributed by atoms with Crippen molar-refractivity contribution in [2.75, 3.05) is 13.2 Å². The Kier molecular flexibility index (Phi) is 5.98. The third kappa shape index (κ3) is 5.14. The van der Waals surface area contributed by atoms with Gasteiger partial charge in [0.25, 0.3) is 0 Å². The van der Waals surface area contributed by atoms with Gasteiger partial charge in [-0.3, -0.25) is 0 Å². The van der Waals surface area contributed by atoms with Crippen LogP contribution in [0.2, 0.25) is 0 Å². The topological polar surface area (TPSA) is 56.8 Å². The van der Waals surface area contributed by atoms with Crippen LogP contribution in [0.25, 0.3) is 0 Å². The molecule has 0 atom stereocenters. The maximum atomic E-state index is 8.30. The highest BCUT2D eigenvalue weighted by Crippen LogP contribution is 1.92. The summed E-state index contributed by atoms with van der Waals surface area (Å²) in [6.07, 6.45) is 2.21. The third-order valence-corrected chi connectivity index (χ3v) is 1.06. The van der Waals surface area contributed by atoms with Gasteiger partial charge in [-0.2, -0.15) is 10.5 Å². The molecule has 0 N–H and O–H groups in total. The fourth-order valence-corrected chi connectivity index (χ4v) is 0.547. The molecular formula is C8H10N2O. The van der Waals surface area contributed by atoms with Crippen molar-refractivity contribution in [2.24, 2.45) is 0 Å². The molecule has 11 heavy (non-hydrogen) atoms. The first-order valence-electron chi connectivity index (χ1n) is 3.43. The largest absolute Gasteiger partial charge is 0.381 e. The predicted molar refractivity (Wildman–Crippen MR) is 40.4 cm³/mol. The Hall–Kier alpha value is -1.32. The van der Waals surface area contributed by atoms with Crippen molar-refractivity contribution < 1.29 is 4.74 Å². The van der Waals surface area contributed by atoms with Crippen molar-refractivity contribution >= 4 is 0 Å². The highest BCUT2D eigenvalue weighted by atomic mass is 16.5. The van der Waals surface area contributed by atoms with Gasteiger partial charge in [-0.25, -0.2) is 0 Å². The van der Waals surface area contributed by atoms with E-state index in [1.165, 1.54) is 0 Å². The summed E-state index contributed by atoms with van der Waals surface area (Å²) in [6, 6.07) is 3.55. The van der Waals surface area contributed by atoms with Crippen LogP contribution in [0.3, 0.4) is 0 Å². The van der Waals surface area contributed by atoms with Gasteiger partial charge >= 0.3 is 0 Å². The lowest BCUT2D eigenvalue weighted by atomic mass is 10.2. The van der Waals surface area contributed by atoms with Crippen molar-refractivity contribution in [1.82, 2.24) is 0 Å². The smallest absolute Gasteiger partial charge is 0.125 e. The molecule has 0 heterocycles. The minimum atomic E-state index is 0.157. The molecule has 0 bridgehead atoms. The Bertz CT molecular complexity index is 191. The summed E-state index contributed by atoms with van der Waals surface area (Å²) in [4.78, 5) is 0. The SMILES string of the molecule is CCOCCC=C(C#N)C#N. The summed E-state index contributed by atoms with van der Waals surface area (Å²) in [5.74, 6) is 0. The molecular weight excluding hydrogens is 140 g/mol. The Morgan fingerprint density at radius 2 is 2.09 bits per heavy atom. The number of hydrogen-bond acceptors (Lipinski definition) is 3. The van der Waals surface area contributed by atoms with Crippen LogP contribution >= 0.6 is 0 Å². The zero-order chi connectivity index (χ0) is 8.53. The summed E-state index contributed by atoms with van der Waals surface area (Å²) in [6.45, 7) is 3.14. The number of nitriles is 2. The molecule has 0 unspecified atom stereocenters. The standard InChI is InChI=1S/C8H10N2O/c1-2-11-5-3-4-8(6-9)7-10/h4H,2-3,5H2,1H3. The van der Waals surface area contributed by atoms with Crippen LogP contribution in [0.15, 0.2) is 11.6 Å². The Balaban J connectivity index is 3.58. The van der Waals surface area contributed by atoms with Gasteiger partial charge in [0.2, 0.25) is 0 Å². The number of allylic oxidation sites excluding steroid dienone is 1. The van der Waals surface area contributed by atoms with Crippen molar-refractivity contribution in [2.45, 2.75) is 13.3 Å². The second-order valence-electron chi connectivity index (χ2n) is 1.83. The van der Waals surface area contributed by atoms with Crippen LogP contribution in [-0.4, -0.2) is 13.2 Å². The first kappa shape index (κ1) is 9.68. The van der Waals surface area contributed by atoms with Crippen LogP contribution in [0.1, 0.15) is 13.3 Å². The molecule has 0 saturated carbocycles. The Morgan fingerprint density at radius 1 is 1.45 bits per heavy atom. The van der Waals surface area contributed by atoms with E-state index in [-0.39, 0.29) is 5.57 Å². The maximum Gasteiger partial charge on any atom is 0.125 e. The molecule has 0 saturated heterocycles. The number of ether oxygens (including phenoxy) is 1. The third-order valence-electron chi connectivity index (χ3n) is 1.06. The Morgan fingerprint density at radius 3 is 2.55 bits per heavy atom. The molecule has 0 radical (unpaired) electrons. The molecule has 3 nitrogen and oxygen atoms in total. The van der Waals surface area contributed by atoms with E-state index in [0.29, 0.717) is 19.6 Å². The van der Waals surface area contributed by atoms with Crippen molar-refractivity contribution in [3.63, 3.8) is 0 Å². The lowest BCUT2D eigenvalue weighted by Gasteiger charge is -1.94. The van der Waals surface area contributed by atoms with E-state index in [4.69, 9.17) is 15.3 Å². The van der Waals surface area contributed by atoms with Crippen molar-refractivity contribution in [3.05, 3.63) is 11.6 Å². The lowest BCUT2D eigenvalue weighted by Crippen LogP contribution is -1.91. The molecule has 0 rings (SSSR count). The number of hydrogen-bond donors (Lipinski definition) is 0. The van der Waals surface area contributed by atoms with Crippen LogP contribution < -0.4 is 0 Å². The van der Waals surface area contributed by atoms with E-state index < -0.39 is 0 Å². The van der Waals surface area contributed by atoms with Crippen molar-refractivity contribution in [1.29, 1.82) is 10.5 Å². The van der Waals surface area contributed by atoms with E-state index in [9.17, 15) is 0 Å². The fourth-order valence-electron chi connectivity index (χ4n) is 0.547. The molecule has 58 valence electrons. The summed E-state index contributed by atoms with van der Waals surface area (Å²) in [7, 11) is 0. The van der Waals surface area contributed by atoms with E-state index in [2.05, 4.69) is 0 Å². The summed E-state index contributed by atoms with van der Waals surface area (Å²) in [5.41, 5.74) is 0.157. The minimum absolute atomic E-state index is 0.157. The van der Waals surface area contributed by atoms with E-state index in [1.54, 1.807) is 18.2 Å². The average molecular weight is 150 g/mol. The van der Waals surface area contributed by atoms with Crippen LogP contribution in [0, 0.1) is 22.7 Å². The van der Waals surface area contributed by atoms with E-state index in [0.717, 1.165) is 0 Å². The molecule has 0 aliphatic rings. The average Bonchev–Trinajstić information content (AvgIpc) is 2.05. The molecule has 0 aliphatic carbocycles. The van der Waals surface area contributed by atoms with Gasteiger partial charge < -0.3 is 4.74 Å². The first-order chi connectivity index (χ1) is 5.35. The summed E-state index contributed by atoms with van der Waals surface area (Å²) >= 11 is 0. The van der Waals surface area contributed by atoms with Gasteiger partial charge in [0, 0.05) is 6.61 Å². The van der Waals surface area contributed by atoms with Crippen LogP contribution in [0.5, 0.6) is 0 Å². The minimum Gasteiger partial charge on any atom is -0.381 e. The zero-order valence-electron chi connectivity index (χ0n) is 6.50. The quantitative estimate of drug-likeness (QED) is 0.449. The second-order valence-corrected chi connectivity index (χ2v) is 1.83. The monoisotopic (exact) mass is 150 g/mol. The molecule has 0 aromatic rings. The van der Waals surface area contributed by atoms with E-state index in [1.807, 2.05) is 6.92 Å². The summed E-state index contributed by atoms with van der Waals surface area (Å²) < 4.78 is 5.01. The molecule has 0 fully saturated rings. The lowest BCUT2D eigenvalue weighted by molar-refractivity contribution is 0.152. The maximum absolute atomic E-state index is 8.30. The van der Waals surface area contributed by atoms with Crippen LogP contribution in [-0.2, 0) is 4.74 Å². The van der Waals surface area contributed by atoms with Gasteiger partial charge in [-0.1, -0.05) is 6.08 Å². The van der Waals surface area contributed by atoms with Gasteiger partial charge in [-0.15, -0.1) is 0 Å². The van der Waals surface area contributed by atoms with Gasteiger partial charge in [0.1, 0.15) is 17.7 Å². The number of rotatable bonds is 4. The molecule has 0 aromatic heterocycles. The van der Waals surface area contributed by atoms with Gasteiger partial charge in [-0.05, 0) is 13.3 Å². The second kappa shape index (κ2) is 6.80. The van der Waals surface area contributed by atoms with Gasteiger partial charge in [0.15, 0.2) is 0 Å². The van der Waals surface area contributed by atoms with Crippen LogP contribution in [0.4, 0.5) is 0 Å². The highest BCUT2D eigenvalue weighted by molar-refractivity contribution is 5.34.